The van der Waals surface area contributed by atoms with E-state index in [0.717, 1.165) is 13.0 Å². The van der Waals surface area contributed by atoms with E-state index in [9.17, 15) is 10.1 Å². The van der Waals surface area contributed by atoms with E-state index in [-0.39, 0.29) is 5.69 Å². The zero-order valence-electron chi connectivity index (χ0n) is 11.1. The van der Waals surface area contributed by atoms with E-state index in [1.54, 1.807) is 12.1 Å². The van der Waals surface area contributed by atoms with Gasteiger partial charge in [0.05, 0.1) is 23.5 Å². The normalized spacial score (nSPS) is 10.5. The van der Waals surface area contributed by atoms with E-state index >= 15 is 0 Å². The SMILES string of the molecule is C[n+]1ccn(CCCNc2c(Cl)cccc2[N+](=O)[O-])c1. The lowest BCUT2D eigenvalue weighted by molar-refractivity contribution is -0.671. The van der Waals surface area contributed by atoms with Crippen LogP contribution in [0.15, 0.2) is 36.9 Å². The molecule has 0 fully saturated rings. The fourth-order valence-corrected chi connectivity index (χ4v) is 2.19. The summed E-state index contributed by atoms with van der Waals surface area (Å²) in [6, 6.07) is 4.66. The average Bonchev–Trinajstić information content (AvgIpc) is 2.81. The summed E-state index contributed by atoms with van der Waals surface area (Å²) in [6.45, 7) is 1.46. The molecule has 0 atom stereocenters. The number of aromatic nitrogens is 2. The molecule has 1 N–H and O–H groups in total. The Bertz CT molecular complexity index is 612. The molecule has 1 aromatic heterocycles. The molecule has 106 valence electrons. The van der Waals surface area contributed by atoms with Crippen LogP contribution in [0.4, 0.5) is 11.4 Å². The molecule has 20 heavy (non-hydrogen) atoms. The van der Waals surface area contributed by atoms with Crippen molar-refractivity contribution in [2.75, 3.05) is 11.9 Å². The molecule has 0 aliphatic carbocycles. The highest BCUT2D eigenvalue weighted by Crippen LogP contribution is 2.31. The van der Waals surface area contributed by atoms with Crippen molar-refractivity contribution in [2.45, 2.75) is 13.0 Å². The number of rotatable bonds is 6. The summed E-state index contributed by atoms with van der Waals surface area (Å²) in [5.74, 6) is 0. The number of nitrogens with one attached hydrogen (secondary N) is 1. The van der Waals surface area contributed by atoms with E-state index < -0.39 is 4.92 Å². The highest BCUT2D eigenvalue weighted by atomic mass is 35.5. The second kappa shape index (κ2) is 6.38. The third-order valence-corrected chi connectivity index (χ3v) is 3.22. The van der Waals surface area contributed by atoms with Gasteiger partial charge >= 0.3 is 0 Å². The van der Waals surface area contributed by atoms with E-state index in [1.165, 1.54) is 6.07 Å². The van der Waals surface area contributed by atoms with Crippen LogP contribution in [0.2, 0.25) is 5.02 Å². The first-order valence-electron chi connectivity index (χ1n) is 6.25. The lowest BCUT2D eigenvalue weighted by Crippen LogP contribution is -2.23. The van der Waals surface area contributed by atoms with E-state index in [2.05, 4.69) is 9.88 Å². The molecule has 7 heteroatoms. The minimum atomic E-state index is -0.430. The van der Waals surface area contributed by atoms with Crippen LogP contribution >= 0.6 is 11.6 Å². The first-order chi connectivity index (χ1) is 9.58. The van der Waals surface area contributed by atoms with Gasteiger partial charge in [-0.05, 0) is 6.07 Å². The molecule has 6 nitrogen and oxygen atoms in total. The van der Waals surface area contributed by atoms with Gasteiger partial charge in [-0.25, -0.2) is 9.13 Å². The van der Waals surface area contributed by atoms with E-state index in [1.807, 2.05) is 30.3 Å². The van der Waals surface area contributed by atoms with Crippen molar-refractivity contribution in [1.82, 2.24) is 4.57 Å². The first-order valence-corrected chi connectivity index (χ1v) is 6.63. The minimum absolute atomic E-state index is 0.00450. The molecule has 0 saturated heterocycles. The maximum Gasteiger partial charge on any atom is 0.293 e. The molecule has 1 heterocycles. The van der Waals surface area contributed by atoms with Crippen molar-refractivity contribution in [3.63, 3.8) is 0 Å². The Balaban J connectivity index is 1.92. The second-order valence-electron chi connectivity index (χ2n) is 4.49. The van der Waals surface area contributed by atoms with Crippen LogP contribution in [0.3, 0.4) is 0 Å². The molecule has 0 aliphatic rings. The first kappa shape index (κ1) is 14.3. The number of para-hydroxylation sites is 1. The zero-order valence-corrected chi connectivity index (χ0v) is 11.9. The molecule has 0 aliphatic heterocycles. The largest absolute Gasteiger partial charge is 0.378 e. The van der Waals surface area contributed by atoms with Crippen LogP contribution in [0.1, 0.15) is 6.42 Å². The van der Waals surface area contributed by atoms with E-state index in [0.29, 0.717) is 17.3 Å². The Kier molecular flexibility index (Phi) is 4.57. The summed E-state index contributed by atoms with van der Waals surface area (Å²) in [5.41, 5.74) is 0.391. The highest BCUT2D eigenvalue weighted by molar-refractivity contribution is 6.33. The van der Waals surface area contributed by atoms with Gasteiger partial charge in [-0.1, -0.05) is 17.7 Å². The highest BCUT2D eigenvalue weighted by Gasteiger charge is 2.15. The number of imidazole rings is 1. The van der Waals surface area contributed by atoms with Crippen molar-refractivity contribution in [3.8, 4) is 0 Å². The zero-order chi connectivity index (χ0) is 14.5. The van der Waals surface area contributed by atoms with Crippen LogP contribution in [-0.2, 0) is 13.6 Å². The van der Waals surface area contributed by atoms with Gasteiger partial charge in [0.2, 0.25) is 6.33 Å². The third kappa shape index (κ3) is 3.48. The lowest BCUT2D eigenvalue weighted by atomic mass is 10.2. The van der Waals surface area contributed by atoms with Gasteiger partial charge in [0.25, 0.3) is 5.69 Å². The number of hydrogen-bond acceptors (Lipinski definition) is 3. The fraction of sp³-hybridized carbons (Fsp3) is 0.308. The Morgan fingerprint density at radius 2 is 2.30 bits per heavy atom. The molecule has 1 aromatic carbocycles. The molecular weight excluding hydrogens is 280 g/mol. The molecule has 0 radical (unpaired) electrons. The van der Waals surface area contributed by atoms with Crippen molar-refractivity contribution >= 4 is 23.0 Å². The van der Waals surface area contributed by atoms with Gasteiger partial charge in [0, 0.05) is 19.0 Å². The molecule has 0 saturated carbocycles. The minimum Gasteiger partial charge on any atom is -0.378 e. The molecule has 0 spiro atoms. The predicted octanol–water partition coefficient (Wildman–Crippen LogP) is 2.38. The van der Waals surface area contributed by atoms with Crippen LogP contribution in [-0.4, -0.2) is 16.0 Å². The van der Waals surface area contributed by atoms with E-state index in [4.69, 9.17) is 11.6 Å². The lowest BCUT2D eigenvalue weighted by Gasteiger charge is -2.08. The van der Waals surface area contributed by atoms with Crippen LogP contribution in [0, 0.1) is 10.1 Å². The number of nitro groups is 1. The quantitative estimate of drug-likeness (QED) is 0.385. The molecule has 2 rings (SSSR count). The van der Waals surface area contributed by atoms with Crippen molar-refractivity contribution < 1.29 is 9.49 Å². The summed E-state index contributed by atoms with van der Waals surface area (Å²) >= 11 is 6.00. The Hall–Kier alpha value is -2.08. The van der Waals surface area contributed by atoms with Gasteiger partial charge < -0.3 is 5.32 Å². The second-order valence-corrected chi connectivity index (χ2v) is 4.90. The summed E-state index contributed by atoms with van der Waals surface area (Å²) < 4.78 is 4.02. The van der Waals surface area contributed by atoms with Gasteiger partial charge in [0.1, 0.15) is 18.1 Å². The average molecular weight is 296 g/mol. The molecule has 0 unspecified atom stereocenters. The number of benzene rings is 1. The maximum atomic E-state index is 10.9. The standard InChI is InChI=1S/C13H16ClN4O2/c1-16-8-9-17(10-16)7-3-6-15-13-11(14)4-2-5-12(13)18(19)20/h2,4-5,8-10,15H,3,6-7H2,1H3/q+1. The topological polar surface area (TPSA) is 64.0 Å². The van der Waals surface area contributed by atoms with Crippen LogP contribution in [0.25, 0.3) is 0 Å². The monoisotopic (exact) mass is 295 g/mol. The fourth-order valence-electron chi connectivity index (χ4n) is 1.95. The number of aryl methyl sites for hydroxylation is 2. The molecule has 2 aromatic rings. The number of anilines is 1. The summed E-state index contributed by atoms with van der Waals surface area (Å²) in [7, 11) is 1.96. The number of halogens is 1. The van der Waals surface area contributed by atoms with Crippen molar-refractivity contribution in [2.24, 2.45) is 7.05 Å². The molecule has 0 amide bonds. The van der Waals surface area contributed by atoms with Gasteiger partial charge in [-0.3, -0.25) is 10.1 Å². The summed E-state index contributed by atoms with van der Waals surface area (Å²) in [5, 5.41) is 14.3. The number of hydrogen-bond donors (Lipinski definition) is 1. The summed E-state index contributed by atoms with van der Waals surface area (Å²) in [4.78, 5) is 10.5. The number of nitrogens with zero attached hydrogens (tertiary/aromatic N) is 3. The van der Waals surface area contributed by atoms with Crippen LogP contribution in [0.5, 0.6) is 0 Å². The van der Waals surface area contributed by atoms with Crippen molar-refractivity contribution in [3.05, 3.63) is 52.1 Å². The van der Waals surface area contributed by atoms with Crippen LogP contribution < -0.4 is 9.88 Å². The summed E-state index contributed by atoms with van der Waals surface area (Å²) in [6.07, 6.45) is 6.78. The van der Waals surface area contributed by atoms with Gasteiger partial charge in [-0.2, -0.15) is 0 Å². The smallest absolute Gasteiger partial charge is 0.293 e. The Labute approximate surface area is 121 Å². The van der Waals surface area contributed by atoms with Gasteiger partial charge in [0.15, 0.2) is 0 Å². The van der Waals surface area contributed by atoms with Gasteiger partial charge in [-0.15, -0.1) is 0 Å². The number of nitro benzene ring substituents is 1. The Morgan fingerprint density at radius 3 is 2.95 bits per heavy atom. The third-order valence-electron chi connectivity index (χ3n) is 2.91. The Morgan fingerprint density at radius 1 is 1.50 bits per heavy atom. The maximum absolute atomic E-state index is 10.9. The van der Waals surface area contributed by atoms with Crippen molar-refractivity contribution in [1.29, 1.82) is 0 Å². The molecule has 0 bridgehead atoms. The predicted molar refractivity (Wildman–Crippen MR) is 76.8 cm³/mol. The molecular formula is C13H16ClN4O2+.